The summed E-state index contributed by atoms with van der Waals surface area (Å²) in [7, 11) is 0. The first-order valence-electron chi connectivity index (χ1n) is 11.6. The monoisotopic (exact) mass is 401 g/mol. The molecule has 4 aromatic carbocycles. The quantitative estimate of drug-likeness (QED) is 0.268. The molecule has 0 heterocycles. The van der Waals surface area contributed by atoms with Gasteiger partial charge in [-0.15, -0.1) is 0 Å². The molecular formula is C31H29. The molecule has 0 fully saturated rings. The van der Waals surface area contributed by atoms with E-state index in [1.165, 1.54) is 68.5 Å². The summed E-state index contributed by atoms with van der Waals surface area (Å²) in [6.07, 6.45) is 5.60. The van der Waals surface area contributed by atoms with Crippen LogP contribution in [0.15, 0.2) is 78.9 Å². The molecular weight excluding hydrogens is 372 g/mol. The minimum atomic E-state index is 0.968. The predicted octanol–water partition coefficient (Wildman–Crippen LogP) is 8.30. The van der Waals surface area contributed by atoms with E-state index in [9.17, 15) is 0 Å². The highest BCUT2D eigenvalue weighted by molar-refractivity contribution is 5.82. The Bertz CT molecular complexity index is 1130. The molecule has 0 bridgehead atoms. The Labute approximate surface area is 186 Å². The zero-order valence-corrected chi connectivity index (χ0v) is 18.5. The minimum absolute atomic E-state index is 0.968. The van der Waals surface area contributed by atoms with E-state index in [-0.39, 0.29) is 0 Å². The fraction of sp³-hybridized carbons (Fsp3) is 0.226. The number of aryl methyl sites for hydroxylation is 2. The van der Waals surface area contributed by atoms with Crippen molar-refractivity contribution in [1.82, 2.24) is 0 Å². The lowest BCUT2D eigenvalue weighted by Crippen LogP contribution is -1.87. The van der Waals surface area contributed by atoms with Crippen molar-refractivity contribution in [2.75, 3.05) is 0 Å². The van der Waals surface area contributed by atoms with E-state index in [4.69, 9.17) is 0 Å². The van der Waals surface area contributed by atoms with Gasteiger partial charge in [0.25, 0.3) is 0 Å². The van der Waals surface area contributed by atoms with Crippen LogP contribution in [-0.2, 0) is 19.3 Å². The summed E-state index contributed by atoms with van der Waals surface area (Å²) in [4.78, 5) is 0. The van der Waals surface area contributed by atoms with Crippen molar-refractivity contribution in [3.8, 4) is 33.4 Å². The van der Waals surface area contributed by atoms with Crippen LogP contribution in [0.5, 0.6) is 0 Å². The molecule has 0 atom stereocenters. The van der Waals surface area contributed by atoms with E-state index >= 15 is 0 Å². The SMILES string of the molecule is CCCc1cccc(-c2[c]c3c(cc2)-c2ccc(-c4cccc(CCC)c4)cc2C3)c1. The van der Waals surface area contributed by atoms with E-state index in [2.05, 4.69) is 98.8 Å². The number of rotatable bonds is 6. The second-order valence-corrected chi connectivity index (χ2v) is 8.71. The Morgan fingerprint density at radius 3 is 2.03 bits per heavy atom. The smallest absolute Gasteiger partial charge is 0.000684 e. The molecule has 1 aliphatic rings. The number of fused-ring (bicyclic) bond motifs is 3. The third-order valence-corrected chi connectivity index (χ3v) is 6.37. The third-order valence-electron chi connectivity index (χ3n) is 6.37. The Hall–Kier alpha value is -3.12. The molecule has 0 saturated heterocycles. The largest absolute Gasteiger partial charge is 0.0651 e. The van der Waals surface area contributed by atoms with Crippen LogP contribution in [0.3, 0.4) is 0 Å². The van der Waals surface area contributed by atoms with E-state index in [1.54, 1.807) is 0 Å². The van der Waals surface area contributed by atoms with Crippen molar-refractivity contribution in [1.29, 1.82) is 0 Å². The zero-order valence-electron chi connectivity index (χ0n) is 18.5. The summed E-state index contributed by atoms with van der Waals surface area (Å²) < 4.78 is 0. The lowest BCUT2D eigenvalue weighted by molar-refractivity contribution is 0.922. The molecule has 1 radical (unpaired) electrons. The molecule has 153 valence electrons. The van der Waals surface area contributed by atoms with Crippen LogP contribution in [0, 0.1) is 6.07 Å². The second-order valence-electron chi connectivity index (χ2n) is 8.71. The van der Waals surface area contributed by atoms with Crippen LogP contribution in [0.2, 0.25) is 0 Å². The van der Waals surface area contributed by atoms with E-state index in [1.807, 2.05) is 0 Å². The first kappa shape index (κ1) is 19.8. The van der Waals surface area contributed by atoms with Gasteiger partial charge in [0.05, 0.1) is 0 Å². The Kier molecular flexibility index (Phi) is 5.47. The molecule has 0 unspecified atom stereocenters. The maximum Gasteiger partial charge on any atom is -0.000684 e. The van der Waals surface area contributed by atoms with Gasteiger partial charge in [0.1, 0.15) is 0 Å². The number of hydrogen-bond acceptors (Lipinski definition) is 0. The van der Waals surface area contributed by atoms with Crippen LogP contribution >= 0.6 is 0 Å². The maximum atomic E-state index is 3.74. The van der Waals surface area contributed by atoms with Crippen LogP contribution in [0.25, 0.3) is 33.4 Å². The average molecular weight is 402 g/mol. The third kappa shape index (κ3) is 3.95. The molecule has 4 aromatic rings. The van der Waals surface area contributed by atoms with Gasteiger partial charge >= 0.3 is 0 Å². The molecule has 0 nitrogen and oxygen atoms in total. The fourth-order valence-electron chi connectivity index (χ4n) is 4.85. The molecule has 0 saturated carbocycles. The van der Waals surface area contributed by atoms with Crippen molar-refractivity contribution >= 4 is 0 Å². The lowest BCUT2D eigenvalue weighted by Gasteiger charge is -2.08. The van der Waals surface area contributed by atoms with Gasteiger partial charge in [-0.05, 0) is 81.0 Å². The van der Waals surface area contributed by atoms with Gasteiger partial charge in [0.2, 0.25) is 0 Å². The van der Waals surface area contributed by atoms with Gasteiger partial charge in [-0.25, -0.2) is 0 Å². The Morgan fingerprint density at radius 1 is 0.645 bits per heavy atom. The van der Waals surface area contributed by atoms with Crippen LogP contribution in [0.1, 0.15) is 48.9 Å². The Morgan fingerprint density at radius 2 is 1.29 bits per heavy atom. The average Bonchev–Trinajstić information content (AvgIpc) is 3.17. The fourth-order valence-corrected chi connectivity index (χ4v) is 4.85. The second kappa shape index (κ2) is 8.55. The normalized spacial score (nSPS) is 11.9. The molecule has 0 heteroatoms. The minimum Gasteiger partial charge on any atom is -0.0651 e. The molecule has 0 aliphatic heterocycles. The van der Waals surface area contributed by atoms with Crippen LogP contribution in [0.4, 0.5) is 0 Å². The van der Waals surface area contributed by atoms with Crippen molar-refractivity contribution in [3.05, 3.63) is 107 Å². The molecule has 31 heavy (non-hydrogen) atoms. The summed E-state index contributed by atoms with van der Waals surface area (Å²) in [5.74, 6) is 0. The van der Waals surface area contributed by atoms with Crippen molar-refractivity contribution in [3.63, 3.8) is 0 Å². The van der Waals surface area contributed by atoms with Gasteiger partial charge in [-0.3, -0.25) is 0 Å². The van der Waals surface area contributed by atoms with Gasteiger partial charge in [-0.1, -0.05) is 106 Å². The van der Waals surface area contributed by atoms with Crippen molar-refractivity contribution in [2.45, 2.75) is 46.0 Å². The summed E-state index contributed by atoms with van der Waals surface area (Å²) >= 11 is 0. The molecule has 0 amide bonds. The van der Waals surface area contributed by atoms with Crippen molar-refractivity contribution < 1.29 is 0 Å². The number of benzene rings is 4. The molecule has 0 spiro atoms. The zero-order chi connectivity index (χ0) is 21.2. The van der Waals surface area contributed by atoms with Crippen molar-refractivity contribution in [2.24, 2.45) is 0 Å². The van der Waals surface area contributed by atoms with Gasteiger partial charge in [-0.2, -0.15) is 0 Å². The topological polar surface area (TPSA) is 0 Å². The highest BCUT2D eigenvalue weighted by Gasteiger charge is 2.20. The first-order valence-corrected chi connectivity index (χ1v) is 11.6. The van der Waals surface area contributed by atoms with Gasteiger partial charge in [0, 0.05) is 0 Å². The molecule has 0 aromatic heterocycles. The van der Waals surface area contributed by atoms with E-state index < -0.39 is 0 Å². The molecule has 5 rings (SSSR count). The summed E-state index contributed by atoms with van der Waals surface area (Å²) in [5, 5.41) is 0. The lowest BCUT2D eigenvalue weighted by atomic mass is 9.96. The van der Waals surface area contributed by atoms with Gasteiger partial charge in [0.15, 0.2) is 0 Å². The number of hydrogen-bond donors (Lipinski definition) is 0. The molecule has 0 N–H and O–H groups in total. The summed E-state index contributed by atoms with van der Waals surface area (Å²) in [5.41, 5.74) is 13.4. The standard InChI is InChI=1S/C31H29/c1-3-7-22-9-5-11-24(17-22)26-13-15-30-28(19-26)21-29-20-27(14-16-31(29)30)25-12-6-10-23(18-25)8-4-2/h5-6,9-19H,3-4,7-8,21H2,1-2H3. The highest BCUT2D eigenvalue weighted by atomic mass is 14.2. The van der Waals surface area contributed by atoms with E-state index in [0.29, 0.717) is 0 Å². The maximum absolute atomic E-state index is 3.74. The van der Waals surface area contributed by atoms with Crippen LogP contribution < -0.4 is 0 Å². The molecule has 1 aliphatic carbocycles. The predicted molar refractivity (Wildman–Crippen MR) is 132 cm³/mol. The van der Waals surface area contributed by atoms with Crippen LogP contribution in [-0.4, -0.2) is 0 Å². The summed E-state index contributed by atoms with van der Waals surface area (Å²) in [6, 6.07) is 33.2. The first-order chi connectivity index (χ1) is 15.2. The van der Waals surface area contributed by atoms with E-state index in [0.717, 1.165) is 19.3 Å². The Balaban J connectivity index is 1.46. The summed E-state index contributed by atoms with van der Waals surface area (Å²) in [6.45, 7) is 4.48. The highest BCUT2D eigenvalue weighted by Crippen LogP contribution is 2.40. The van der Waals surface area contributed by atoms with Gasteiger partial charge < -0.3 is 0 Å².